The van der Waals surface area contributed by atoms with Gasteiger partial charge in [-0.15, -0.1) is 11.3 Å². The van der Waals surface area contributed by atoms with Crippen molar-refractivity contribution >= 4 is 34.5 Å². The zero-order chi connectivity index (χ0) is 16.9. The minimum absolute atomic E-state index is 0.216. The highest BCUT2D eigenvalue weighted by molar-refractivity contribution is 7.12. The number of hydrogen-bond acceptors (Lipinski definition) is 4. The van der Waals surface area contributed by atoms with E-state index in [0.29, 0.717) is 4.88 Å². The second kappa shape index (κ2) is 7.49. The first-order valence-corrected chi connectivity index (χ1v) is 9.02. The molecule has 3 rings (SSSR count). The Labute approximate surface area is 145 Å². The second-order valence-electron chi connectivity index (χ2n) is 5.87. The summed E-state index contributed by atoms with van der Waals surface area (Å²) in [7, 11) is 0. The molecule has 1 aromatic heterocycles. The molecule has 0 saturated carbocycles. The molecule has 2 amide bonds. The van der Waals surface area contributed by atoms with Crippen LogP contribution in [0.5, 0.6) is 0 Å². The monoisotopic (exact) mass is 343 g/mol. The van der Waals surface area contributed by atoms with Crippen molar-refractivity contribution in [3.63, 3.8) is 0 Å². The van der Waals surface area contributed by atoms with E-state index >= 15 is 0 Å². The smallest absolute Gasteiger partial charge is 0.261 e. The van der Waals surface area contributed by atoms with Crippen LogP contribution >= 0.6 is 11.3 Å². The molecule has 126 valence electrons. The molecule has 1 atom stereocenters. The third-order valence-corrected chi connectivity index (χ3v) is 4.96. The van der Waals surface area contributed by atoms with Crippen LogP contribution in [-0.4, -0.2) is 30.9 Å². The van der Waals surface area contributed by atoms with Crippen LogP contribution in [0.25, 0.3) is 0 Å². The lowest BCUT2D eigenvalue weighted by Crippen LogP contribution is -2.41. The van der Waals surface area contributed by atoms with Gasteiger partial charge in [0.1, 0.15) is 6.04 Å². The Bertz CT molecular complexity index is 709. The molecule has 5 nitrogen and oxygen atoms in total. The number of hydrogen-bond donors (Lipinski definition) is 2. The third kappa shape index (κ3) is 3.76. The SMILES string of the molecule is C[C@@H](NC(=O)c1cccs1)C(=O)Nc1ccccc1N1CCCC1. The van der Waals surface area contributed by atoms with Gasteiger partial charge in [-0.25, -0.2) is 0 Å². The Morgan fingerprint density at radius 1 is 1.12 bits per heavy atom. The molecular formula is C18H21N3O2S. The maximum atomic E-state index is 12.4. The highest BCUT2D eigenvalue weighted by atomic mass is 32.1. The zero-order valence-corrected chi connectivity index (χ0v) is 14.4. The van der Waals surface area contributed by atoms with Gasteiger partial charge in [-0.2, -0.15) is 0 Å². The molecule has 0 unspecified atom stereocenters. The van der Waals surface area contributed by atoms with Crippen molar-refractivity contribution in [2.45, 2.75) is 25.8 Å². The van der Waals surface area contributed by atoms with Crippen molar-refractivity contribution < 1.29 is 9.59 Å². The van der Waals surface area contributed by atoms with Gasteiger partial charge in [0, 0.05) is 13.1 Å². The van der Waals surface area contributed by atoms with Crippen LogP contribution in [0.4, 0.5) is 11.4 Å². The summed E-state index contributed by atoms with van der Waals surface area (Å²) in [6.45, 7) is 3.72. The molecule has 1 aliphatic heterocycles. The van der Waals surface area contributed by atoms with E-state index in [-0.39, 0.29) is 11.8 Å². The molecule has 0 radical (unpaired) electrons. The highest BCUT2D eigenvalue weighted by Crippen LogP contribution is 2.28. The largest absolute Gasteiger partial charge is 0.370 e. The van der Waals surface area contributed by atoms with Crippen LogP contribution in [0.15, 0.2) is 41.8 Å². The lowest BCUT2D eigenvalue weighted by Gasteiger charge is -2.22. The summed E-state index contributed by atoms with van der Waals surface area (Å²) in [6.07, 6.45) is 2.35. The first kappa shape index (κ1) is 16.5. The van der Waals surface area contributed by atoms with E-state index in [4.69, 9.17) is 0 Å². The van der Waals surface area contributed by atoms with Gasteiger partial charge < -0.3 is 15.5 Å². The fraction of sp³-hybridized carbons (Fsp3) is 0.333. The number of benzene rings is 1. The summed E-state index contributed by atoms with van der Waals surface area (Å²) in [6, 6.07) is 10.8. The molecular weight excluding hydrogens is 322 g/mol. The van der Waals surface area contributed by atoms with E-state index < -0.39 is 6.04 Å². The summed E-state index contributed by atoms with van der Waals surface area (Å²) in [5.41, 5.74) is 1.83. The van der Waals surface area contributed by atoms with Gasteiger partial charge >= 0.3 is 0 Å². The van der Waals surface area contributed by atoms with Crippen molar-refractivity contribution in [1.29, 1.82) is 0 Å². The summed E-state index contributed by atoms with van der Waals surface area (Å²) in [5.74, 6) is -0.438. The number of carbonyl (C=O) groups is 2. The van der Waals surface area contributed by atoms with Crippen molar-refractivity contribution in [3.8, 4) is 0 Å². The lowest BCUT2D eigenvalue weighted by atomic mass is 10.2. The number of anilines is 2. The van der Waals surface area contributed by atoms with Crippen molar-refractivity contribution in [1.82, 2.24) is 5.32 Å². The second-order valence-corrected chi connectivity index (χ2v) is 6.82. The summed E-state index contributed by atoms with van der Waals surface area (Å²) < 4.78 is 0. The molecule has 2 aromatic rings. The van der Waals surface area contributed by atoms with Crippen LogP contribution in [-0.2, 0) is 4.79 Å². The van der Waals surface area contributed by atoms with E-state index in [1.54, 1.807) is 13.0 Å². The molecule has 24 heavy (non-hydrogen) atoms. The third-order valence-electron chi connectivity index (χ3n) is 4.09. The molecule has 1 fully saturated rings. The Hall–Kier alpha value is -2.34. The van der Waals surface area contributed by atoms with Gasteiger partial charge in [-0.3, -0.25) is 9.59 Å². The van der Waals surface area contributed by atoms with Crippen LogP contribution in [0.1, 0.15) is 29.4 Å². The van der Waals surface area contributed by atoms with Gasteiger partial charge in [0.15, 0.2) is 0 Å². The lowest BCUT2D eigenvalue weighted by molar-refractivity contribution is -0.117. The maximum Gasteiger partial charge on any atom is 0.261 e. The molecule has 2 N–H and O–H groups in total. The Morgan fingerprint density at radius 2 is 1.88 bits per heavy atom. The zero-order valence-electron chi connectivity index (χ0n) is 13.6. The number of carbonyl (C=O) groups excluding carboxylic acids is 2. The molecule has 0 bridgehead atoms. The van der Waals surface area contributed by atoms with E-state index in [1.807, 2.05) is 35.7 Å². The van der Waals surface area contributed by atoms with Crippen LogP contribution in [0.2, 0.25) is 0 Å². The van der Waals surface area contributed by atoms with Crippen LogP contribution in [0, 0.1) is 0 Å². The van der Waals surface area contributed by atoms with Crippen LogP contribution < -0.4 is 15.5 Å². The van der Waals surface area contributed by atoms with Gasteiger partial charge in [0.25, 0.3) is 5.91 Å². The molecule has 0 aliphatic carbocycles. The van der Waals surface area contributed by atoms with Gasteiger partial charge in [-0.1, -0.05) is 18.2 Å². The Kier molecular flexibility index (Phi) is 5.15. The number of rotatable bonds is 5. The van der Waals surface area contributed by atoms with Crippen molar-refractivity contribution in [3.05, 3.63) is 46.7 Å². The van der Waals surface area contributed by atoms with Crippen molar-refractivity contribution in [2.75, 3.05) is 23.3 Å². The summed E-state index contributed by atoms with van der Waals surface area (Å²) in [5, 5.41) is 7.52. The Balaban J connectivity index is 1.65. The average Bonchev–Trinajstić information content (AvgIpc) is 3.29. The number of nitrogens with zero attached hydrogens (tertiary/aromatic N) is 1. The summed E-state index contributed by atoms with van der Waals surface area (Å²) >= 11 is 1.36. The van der Waals surface area contributed by atoms with E-state index in [0.717, 1.165) is 24.5 Å². The van der Waals surface area contributed by atoms with Crippen LogP contribution in [0.3, 0.4) is 0 Å². The minimum Gasteiger partial charge on any atom is -0.370 e. The topological polar surface area (TPSA) is 61.4 Å². The predicted molar refractivity (Wildman–Crippen MR) is 97.8 cm³/mol. The number of para-hydroxylation sites is 2. The fourth-order valence-corrected chi connectivity index (χ4v) is 3.42. The molecule has 1 saturated heterocycles. The predicted octanol–water partition coefficient (Wildman–Crippen LogP) is 3.11. The van der Waals surface area contributed by atoms with Gasteiger partial charge in [0.05, 0.1) is 16.3 Å². The average molecular weight is 343 g/mol. The van der Waals surface area contributed by atoms with E-state index in [1.165, 1.54) is 24.2 Å². The minimum atomic E-state index is -0.605. The molecule has 0 spiro atoms. The highest BCUT2D eigenvalue weighted by Gasteiger charge is 2.20. The van der Waals surface area contributed by atoms with E-state index in [2.05, 4.69) is 15.5 Å². The quantitative estimate of drug-likeness (QED) is 0.877. The van der Waals surface area contributed by atoms with Crippen molar-refractivity contribution in [2.24, 2.45) is 0 Å². The van der Waals surface area contributed by atoms with Gasteiger partial charge in [-0.05, 0) is 43.3 Å². The number of thiophene rings is 1. The molecule has 1 aliphatic rings. The first-order chi connectivity index (χ1) is 11.6. The Morgan fingerprint density at radius 3 is 2.58 bits per heavy atom. The van der Waals surface area contributed by atoms with E-state index in [9.17, 15) is 9.59 Å². The number of nitrogens with one attached hydrogen (secondary N) is 2. The molecule has 2 heterocycles. The number of amides is 2. The standard InChI is InChI=1S/C18H21N3O2S/c1-13(19-18(23)16-9-6-12-24-16)17(22)20-14-7-2-3-8-15(14)21-10-4-5-11-21/h2-3,6-9,12-13H,4-5,10-11H2,1H3,(H,19,23)(H,20,22)/t13-/m1/s1. The molecule has 6 heteroatoms. The summed E-state index contributed by atoms with van der Waals surface area (Å²) in [4.78, 5) is 27.4. The maximum absolute atomic E-state index is 12.4. The normalized spacial score (nSPS) is 15.1. The van der Waals surface area contributed by atoms with Gasteiger partial charge in [0.2, 0.25) is 5.91 Å². The molecule has 1 aromatic carbocycles. The fourth-order valence-electron chi connectivity index (χ4n) is 2.80. The first-order valence-electron chi connectivity index (χ1n) is 8.14.